The Morgan fingerprint density at radius 1 is 1.33 bits per heavy atom. The predicted molar refractivity (Wildman–Crippen MR) is 77.2 cm³/mol. The third-order valence-electron chi connectivity index (χ3n) is 5.00. The van der Waals surface area contributed by atoms with E-state index in [1.54, 1.807) is 0 Å². The van der Waals surface area contributed by atoms with Gasteiger partial charge in [0.25, 0.3) is 0 Å². The van der Waals surface area contributed by atoms with E-state index in [1.165, 1.54) is 37.6 Å². The van der Waals surface area contributed by atoms with Gasteiger partial charge in [-0.2, -0.15) is 11.8 Å². The van der Waals surface area contributed by atoms with E-state index in [2.05, 4.69) is 35.8 Å². The summed E-state index contributed by atoms with van der Waals surface area (Å²) < 4.78 is 5.84. The quantitative estimate of drug-likeness (QED) is 0.835. The molecule has 3 unspecified atom stereocenters. The van der Waals surface area contributed by atoms with E-state index >= 15 is 0 Å². The van der Waals surface area contributed by atoms with Crippen molar-refractivity contribution in [1.29, 1.82) is 0 Å². The summed E-state index contributed by atoms with van der Waals surface area (Å²) in [6.07, 6.45) is 1.77. The van der Waals surface area contributed by atoms with Crippen LogP contribution in [-0.4, -0.2) is 61.3 Å². The number of hydrogen-bond acceptors (Lipinski definition) is 4. The molecule has 3 rings (SSSR count). The summed E-state index contributed by atoms with van der Waals surface area (Å²) in [5.41, 5.74) is 0.332. The van der Waals surface area contributed by atoms with Gasteiger partial charge in [-0.05, 0) is 6.42 Å². The van der Waals surface area contributed by atoms with Crippen LogP contribution in [-0.2, 0) is 4.74 Å². The van der Waals surface area contributed by atoms with E-state index in [0.717, 1.165) is 19.1 Å². The van der Waals surface area contributed by atoms with Crippen molar-refractivity contribution in [3.05, 3.63) is 0 Å². The molecule has 4 heteroatoms. The van der Waals surface area contributed by atoms with Crippen molar-refractivity contribution in [2.24, 2.45) is 11.3 Å². The molecule has 0 bridgehead atoms. The van der Waals surface area contributed by atoms with Gasteiger partial charge in [-0.3, -0.25) is 0 Å². The zero-order chi connectivity index (χ0) is 12.6. The van der Waals surface area contributed by atoms with Gasteiger partial charge >= 0.3 is 0 Å². The summed E-state index contributed by atoms with van der Waals surface area (Å²) in [5, 5.41) is 3.80. The fourth-order valence-electron chi connectivity index (χ4n) is 3.94. The van der Waals surface area contributed by atoms with Crippen LogP contribution in [0.1, 0.15) is 20.3 Å². The van der Waals surface area contributed by atoms with E-state index in [1.807, 2.05) is 0 Å². The van der Waals surface area contributed by atoms with Crippen LogP contribution < -0.4 is 5.32 Å². The largest absolute Gasteiger partial charge is 0.377 e. The maximum absolute atomic E-state index is 5.84. The number of ether oxygens (including phenoxy) is 1. The molecule has 2 aliphatic heterocycles. The predicted octanol–water partition coefficient (Wildman–Crippen LogP) is 1.44. The van der Waals surface area contributed by atoms with Crippen molar-refractivity contribution in [2.45, 2.75) is 32.4 Å². The summed E-state index contributed by atoms with van der Waals surface area (Å²) in [5.74, 6) is 3.40. The van der Waals surface area contributed by atoms with Crippen molar-refractivity contribution in [3.8, 4) is 0 Å². The van der Waals surface area contributed by atoms with E-state index in [0.29, 0.717) is 17.6 Å². The molecular weight excluding hydrogens is 244 g/mol. The standard InChI is InChI=1S/C14H26N2OS/c1-14(2)12(11-3-8-17-13(11)14)15-4-5-16-6-9-18-10-7-16/h11-13,15H,3-10H2,1-2H3. The number of nitrogens with one attached hydrogen (secondary N) is 1. The zero-order valence-electron chi connectivity index (χ0n) is 11.7. The van der Waals surface area contributed by atoms with Gasteiger partial charge in [-0.25, -0.2) is 0 Å². The third-order valence-corrected chi connectivity index (χ3v) is 5.94. The van der Waals surface area contributed by atoms with Gasteiger partial charge in [0.05, 0.1) is 6.10 Å². The van der Waals surface area contributed by atoms with E-state index in [4.69, 9.17) is 4.74 Å². The maximum Gasteiger partial charge on any atom is 0.0685 e. The highest BCUT2D eigenvalue weighted by Gasteiger charge is 2.58. The van der Waals surface area contributed by atoms with Crippen LogP contribution in [0.5, 0.6) is 0 Å². The van der Waals surface area contributed by atoms with Crippen LogP contribution >= 0.6 is 11.8 Å². The van der Waals surface area contributed by atoms with Gasteiger partial charge in [-0.1, -0.05) is 13.8 Å². The summed E-state index contributed by atoms with van der Waals surface area (Å²) in [6.45, 7) is 10.6. The maximum atomic E-state index is 5.84. The molecule has 104 valence electrons. The normalized spacial score (nSPS) is 39.3. The molecule has 0 aromatic heterocycles. The van der Waals surface area contributed by atoms with Crippen LogP contribution in [0.15, 0.2) is 0 Å². The molecule has 0 aromatic rings. The monoisotopic (exact) mass is 270 g/mol. The number of rotatable bonds is 4. The highest BCUT2D eigenvalue weighted by Crippen LogP contribution is 2.51. The first-order chi connectivity index (χ1) is 8.69. The number of thioether (sulfide) groups is 1. The highest BCUT2D eigenvalue weighted by atomic mass is 32.2. The van der Waals surface area contributed by atoms with Crippen molar-refractivity contribution >= 4 is 11.8 Å². The fraction of sp³-hybridized carbons (Fsp3) is 1.00. The molecular formula is C14H26N2OS. The summed E-state index contributed by atoms with van der Waals surface area (Å²) in [7, 11) is 0. The Kier molecular flexibility index (Phi) is 3.90. The first-order valence-corrected chi connectivity index (χ1v) is 8.50. The molecule has 3 aliphatic rings. The topological polar surface area (TPSA) is 24.5 Å². The molecule has 3 fully saturated rings. The van der Waals surface area contributed by atoms with Crippen LogP contribution in [0.3, 0.4) is 0 Å². The van der Waals surface area contributed by atoms with Gasteiger partial charge < -0.3 is 15.0 Å². The molecule has 2 saturated heterocycles. The number of hydrogen-bond donors (Lipinski definition) is 1. The lowest BCUT2D eigenvalue weighted by atomic mass is 9.57. The number of nitrogens with zero attached hydrogens (tertiary/aromatic N) is 1. The molecule has 18 heavy (non-hydrogen) atoms. The van der Waals surface area contributed by atoms with Crippen LogP contribution in [0, 0.1) is 11.3 Å². The average Bonchev–Trinajstić information content (AvgIpc) is 2.82. The summed E-state index contributed by atoms with van der Waals surface area (Å²) >= 11 is 2.09. The van der Waals surface area contributed by atoms with Gasteiger partial charge in [0.15, 0.2) is 0 Å². The SMILES string of the molecule is CC1(C)C(NCCN2CCSCC2)C2CCOC21. The van der Waals surface area contributed by atoms with Crippen LogP contribution in [0.25, 0.3) is 0 Å². The summed E-state index contributed by atoms with van der Waals surface area (Å²) in [6, 6.07) is 0.671. The molecule has 3 nitrogen and oxygen atoms in total. The minimum absolute atomic E-state index is 0.332. The van der Waals surface area contributed by atoms with Gasteiger partial charge in [0.1, 0.15) is 0 Å². The molecule has 0 amide bonds. The van der Waals surface area contributed by atoms with Crippen molar-refractivity contribution in [2.75, 3.05) is 44.3 Å². The summed E-state index contributed by atoms with van der Waals surface area (Å²) in [4.78, 5) is 2.60. The molecule has 1 N–H and O–H groups in total. The lowest BCUT2D eigenvalue weighted by molar-refractivity contribution is -0.112. The highest BCUT2D eigenvalue weighted by molar-refractivity contribution is 7.99. The Hall–Kier alpha value is 0.230. The van der Waals surface area contributed by atoms with Crippen molar-refractivity contribution in [1.82, 2.24) is 10.2 Å². The molecule has 3 atom stereocenters. The fourth-order valence-corrected chi connectivity index (χ4v) is 4.92. The Balaban J connectivity index is 1.43. The van der Waals surface area contributed by atoms with Crippen LogP contribution in [0.4, 0.5) is 0 Å². The molecule has 2 heterocycles. The Labute approximate surface area is 115 Å². The second kappa shape index (κ2) is 5.31. The first kappa shape index (κ1) is 13.2. The van der Waals surface area contributed by atoms with Gasteiger partial charge in [0.2, 0.25) is 0 Å². The third kappa shape index (κ3) is 2.33. The minimum atomic E-state index is 0.332. The average molecular weight is 270 g/mol. The lowest BCUT2D eigenvalue weighted by Gasteiger charge is -2.55. The van der Waals surface area contributed by atoms with Crippen molar-refractivity contribution < 1.29 is 4.74 Å². The first-order valence-electron chi connectivity index (χ1n) is 7.34. The van der Waals surface area contributed by atoms with Gasteiger partial charge in [-0.15, -0.1) is 0 Å². The number of fused-ring (bicyclic) bond motifs is 1. The minimum Gasteiger partial charge on any atom is -0.377 e. The smallest absolute Gasteiger partial charge is 0.0685 e. The van der Waals surface area contributed by atoms with E-state index in [-0.39, 0.29) is 0 Å². The Morgan fingerprint density at radius 3 is 2.89 bits per heavy atom. The van der Waals surface area contributed by atoms with Crippen LogP contribution in [0.2, 0.25) is 0 Å². The van der Waals surface area contributed by atoms with E-state index in [9.17, 15) is 0 Å². The van der Waals surface area contributed by atoms with Gasteiger partial charge in [0, 0.05) is 61.7 Å². The molecule has 0 spiro atoms. The second-order valence-electron chi connectivity index (χ2n) is 6.45. The lowest BCUT2D eigenvalue weighted by Crippen LogP contribution is -2.66. The molecule has 0 aromatic carbocycles. The Morgan fingerprint density at radius 2 is 2.11 bits per heavy atom. The molecule has 1 saturated carbocycles. The second-order valence-corrected chi connectivity index (χ2v) is 7.68. The molecule has 0 radical (unpaired) electrons. The van der Waals surface area contributed by atoms with Crippen molar-refractivity contribution in [3.63, 3.8) is 0 Å². The Bertz CT molecular complexity index is 292. The molecule has 1 aliphatic carbocycles. The zero-order valence-corrected chi connectivity index (χ0v) is 12.5. The van der Waals surface area contributed by atoms with E-state index < -0.39 is 0 Å².